The van der Waals surface area contributed by atoms with E-state index < -0.39 is 10.0 Å². The van der Waals surface area contributed by atoms with E-state index in [9.17, 15) is 13.2 Å². The summed E-state index contributed by atoms with van der Waals surface area (Å²) in [5.74, 6) is 0.0154. The SMILES string of the molecule is COc1ccccc1N(CC(=O)NC[C@H]1CCCO1)S(C)(=O)=O. The van der Waals surface area contributed by atoms with Gasteiger partial charge in [-0.2, -0.15) is 0 Å². The number of anilines is 1. The summed E-state index contributed by atoms with van der Waals surface area (Å²) in [6.45, 7) is 0.797. The normalized spacial score (nSPS) is 17.7. The van der Waals surface area contributed by atoms with Gasteiger partial charge in [-0.15, -0.1) is 0 Å². The number of nitrogens with one attached hydrogen (secondary N) is 1. The fraction of sp³-hybridized carbons (Fsp3) is 0.533. The Balaban J connectivity index is 2.08. The van der Waals surface area contributed by atoms with E-state index in [1.54, 1.807) is 24.3 Å². The predicted molar refractivity (Wildman–Crippen MR) is 87.2 cm³/mol. The van der Waals surface area contributed by atoms with Gasteiger partial charge in [0.25, 0.3) is 0 Å². The van der Waals surface area contributed by atoms with E-state index >= 15 is 0 Å². The van der Waals surface area contributed by atoms with E-state index in [4.69, 9.17) is 9.47 Å². The van der Waals surface area contributed by atoms with Crippen LogP contribution < -0.4 is 14.4 Å². The summed E-state index contributed by atoms with van der Waals surface area (Å²) in [5, 5.41) is 2.72. The Kier molecular flexibility index (Phi) is 5.84. The molecule has 1 amide bonds. The molecule has 7 nitrogen and oxygen atoms in total. The van der Waals surface area contributed by atoms with Crippen molar-refractivity contribution in [2.75, 3.05) is 37.4 Å². The lowest BCUT2D eigenvalue weighted by atomic mass is 10.2. The summed E-state index contributed by atoms with van der Waals surface area (Å²) in [6, 6.07) is 6.69. The molecular formula is C15H22N2O5S. The quantitative estimate of drug-likeness (QED) is 0.791. The summed E-state index contributed by atoms with van der Waals surface area (Å²) >= 11 is 0. The van der Waals surface area contributed by atoms with E-state index in [1.165, 1.54) is 7.11 Å². The largest absolute Gasteiger partial charge is 0.495 e. The highest BCUT2D eigenvalue weighted by molar-refractivity contribution is 7.92. The Labute approximate surface area is 136 Å². The van der Waals surface area contributed by atoms with Crippen LogP contribution in [0.25, 0.3) is 0 Å². The van der Waals surface area contributed by atoms with Crippen LogP contribution in [0, 0.1) is 0 Å². The molecule has 8 heteroatoms. The molecular weight excluding hydrogens is 320 g/mol. The molecule has 0 radical (unpaired) electrons. The van der Waals surface area contributed by atoms with E-state index in [-0.39, 0.29) is 18.6 Å². The van der Waals surface area contributed by atoms with Crippen molar-refractivity contribution in [2.24, 2.45) is 0 Å². The number of carbonyl (C=O) groups is 1. The third-order valence-electron chi connectivity index (χ3n) is 3.59. The van der Waals surface area contributed by atoms with Gasteiger partial charge in [0.1, 0.15) is 12.3 Å². The Hall–Kier alpha value is -1.80. The van der Waals surface area contributed by atoms with Gasteiger partial charge < -0.3 is 14.8 Å². The van der Waals surface area contributed by atoms with Gasteiger partial charge >= 0.3 is 0 Å². The number of amides is 1. The number of para-hydroxylation sites is 2. The first-order chi connectivity index (χ1) is 10.9. The van der Waals surface area contributed by atoms with Crippen LogP contribution in [0.1, 0.15) is 12.8 Å². The van der Waals surface area contributed by atoms with Gasteiger partial charge in [0, 0.05) is 13.2 Å². The molecule has 1 aliphatic heterocycles. The highest BCUT2D eigenvalue weighted by Crippen LogP contribution is 2.29. The molecule has 23 heavy (non-hydrogen) atoms. The van der Waals surface area contributed by atoms with Gasteiger partial charge in [-0.05, 0) is 25.0 Å². The molecule has 0 spiro atoms. The highest BCUT2D eigenvalue weighted by atomic mass is 32.2. The van der Waals surface area contributed by atoms with Crippen molar-refractivity contribution >= 4 is 21.6 Å². The summed E-state index contributed by atoms with van der Waals surface area (Å²) in [4.78, 5) is 12.1. The zero-order valence-electron chi connectivity index (χ0n) is 13.3. The topological polar surface area (TPSA) is 84.9 Å². The van der Waals surface area contributed by atoms with Crippen LogP contribution in [0.2, 0.25) is 0 Å². The van der Waals surface area contributed by atoms with Gasteiger partial charge in [0.2, 0.25) is 15.9 Å². The summed E-state index contributed by atoms with van der Waals surface area (Å²) in [5.41, 5.74) is 0.338. The minimum absolute atomic E-state index is 0.0110. The third-order valence-corrected chi connectivity index (χ3v) is 4.72. The van der Waals surface area contributed by atoms with Crippen LogP contribution >= 0.6 is 0 Å². The lowest BCUT2D eigenvalue weighted by molar-refractivity contribution is -0.120. The minimum atomic E-state index is -3.62. The third kappa shape index (κ3) is 4.84. The fourth-order valence-electron chi connectivity index (χ4n) is 2.44. The van der Waals surface area contributed by atoms with Crippen LogP contribution in [0.5, 0.6) is 5.75 Å². The number of sulfonamides is 1. The maximum Gasteiger partial charge on any atom is 0.240 e. The van der Waals surface area contributed by atoms with Gasteiger partial charge in [-0.3, -0.25) is 9.10 Å². The predicted octanol–water partition coefficient (Wildman–Crippen LogP) is 0.756. The molecule has 0 aliphatic carbocycles. The van der Waals surface area contributed by atoms with Crippen molar-refractivity contribution in [1.29, 1.82) is 0 Å². The zero-order valence-corrected chi connectivity index (χ0v) is 14.1. The smallest absolute Gasteiger partial charge is 0.240 e. The number of carbonyl (C=O) groups excluding carboxylic acids is 1. The fourth-order valence-corrected chi connectivity index (χ4v) is 3.30. The standard InChI is InChI=1S/C15H22N2O5S/c1-21-14-8-4-3-7-13(14)17(23(2,19)20)11-15(18)16-10-12-6-5-9-22-12/h3-4,7-8,12H,5-6,9-11H2,1-2H3,(H,16,18)/t12-/m1/s1. The lowest BCUT2D eigenvalue weighted by Crippen LogP contribution is -2.42. The van der Waals surface area contributed by atoms with Crippen LogP contribution in [-0.4, -0.2) is 53.5 Å². The van der Waals surface area contributed by atoms with Gasteiger partial charge in [0.15, 0.2) is 0 Å². The molecule has 1 aromatic carbocycles. The maximum absolute atomic E-state index is 12.1. The second-order valence-corrected chi connectivity index (χ2v) is 7.29. The highest BCUT2D eigenvalue weighted by Gasteiger charge is 2.24. The molecule has 128 valence electrons. The molecule has 0 bridgehead atoms. The summed E-state index contributed by atoms with van der Waals surface area (Å²) in [6.07, 6.45) is 2.96. The number of ether oxygens (including phenoxy) is 2. The Morgan fingerprint density at radius 1 is 1.43 bits per heavy atom. The summed E-state index contributed by atoms with van der Waals surface area (Å²) < 4.78 is 35.8. The number of nitrogens with zero attached hydrogens (tertiary/aromatic N) is 1. The first-order valence-electron chi connectivity index (χ1n) is 7.41. The average molecular weight is 342 g/mol. The Bertz CT molecular complexity index is 641. The number of hydrogen-bond acceptors (Lipinski definition) is 5. The van der Waals surface area contributed by atoms with Crippen LogP contribution in [-0.2, 0) is 19.6 Å². The average Bonchev–Trinajstić information content (AvgIpc) is 3.03. The van der Waals surface area contributed by atoms with E-state index in [1.807, 2.05) is 0 Å². The molecule has 1 aliphatic rings. The van der Waals surface area contributed by atoms with Crippen LogP contribution in [0.4, 0.5) is 5.69 Å². The molecule has 1 heterocycles. The monoisotopic (exact) mass is 342 g/mol. The Morgan fingerprint density at radius 2 is 2.17 bits per heavy atom. The molecule has 0 saturated carbocycles. The van der Waals surface area contributed by atoms with Crippen molar-refractivity contribution in [3.8, 4) is 5.75 Å². The second-order valence-electron chi connectivity index (χ2n) is 5.38. The van der Waals surface area contributed by atoms with E-state index in [2.05, 4.69) is 5.32 Å². The molecule has 1 aromatic rings. The van der Waals surface area contributed by atoms with E-state index in [0.29, 0.717) is 24.6 Å². The zero-order chi connectivity index (χ0) is 16.9. The van der Waals surface area contributed by atoms with Gasteiger partial charge in [-0.25, -0.2) is 8.42 Å². The number of hydrogen-bond donors (Lipinski definition) is 1. The van der Waals surface area contributed by atoms with Crippen LogP contribution in [0.3, 0.4) is 0 Å². The van der Waals surface area contributed by atoms with Crippen molar-refractivity contribution < 1.29 is 22.7 Å². The van der Waals surface area contributed by atoms with Crippen molar-refractivity contribution in [3.63, 3.8) is 0 Å². The minimum Gasteiger partial charge on any atom is -0.495 e. The molecule has 2 rings (SSSR count). The van der Waals surface area contributed by atoms with Crippen molar-refractivity contribution in [1.82, 2.24) is 5.32 Å². The molecule has 0 aromatic heterocycles. The first kappa shape index (κ1) is 17.6. The lowest BCUT2D eigenvalue weighted by Gasteiger charge is -2.24. The molecule has 0 unspecified atom stereocenters. The van der Waals surface area contributed by atoms with Crippen LogP contribution in [0.15, 0.2) is 24.3 Å². The number of benzene rings is 1. The molecule has 1 atom stereocenters. The Morgan fingerprint density at radius 3 is 2.78 bits per heavy atom. The van der Waals surface area contributed by atoms with Crippen molar-refractivity contribution in [2.45, 2.75) is 18.9 Å². The van der Waals surface area contributed by atoms with E-state index in [0.717, 1.165) is 23.4 Å². The molecule has 1 saturated heterocycles. The molecule has 1 N–H and O–H groups in total. The van der Waals surface area contributed by atoms with Gasteiger partial charge in [-0.1, -0.05) is 12.1 Å². The summed E-state index contributed by atoms with van der Waals surface area (Å²) in [7, 11) is -2.17. The van der Waals surface area contributed by atoms with Gasteiger partial charge in [0.05, 0.1) is 25.2 Å². The number of rotatable bonds is 7. The van der Waals surface area contributed by atoms with Crippen molar-refractivity contribution in [3.05, 3.63) is 24.3 Å². The number of methoxy groups -OCH3 is 1. The second kappa shape index (κ2) is 7.65. The molecule has 1 fully saturated rings. The maximum atomic E-state index is 12.1. The first-order valence-corrected chi connectivity index (χ1v) is 9.25.